The number of imide groups is 1. The van der Waals surface area contributed by atoms with Crippen molar-refractivity contribution in [1.29, 1.82) is 0 Å². The zero-order chi connectivity index (χ0) is 28.9. The van der Waals surface area contributed by atoms with E-state index in [1.807, 2.05) is 19.1 Å². The van der Waals surface area contributed by atoms with Crippen molar-refractivity contribution in [1.82, 2.24) is 5.32 Å². The lowest BCUT2D eigenvalue weighted by atomic mass is 9.72. The van der Waals surface area contributed by atoms with Crippen molar-refractivity contribution in [3.63, 3.8) is 0 Å². The first-order chi connectivity index (χ1) is 18.7. The van der Waals surface area contributed by atoms with Gasteiger partial charge in [-0.05, 0) is 63.0 Å². The highest BCUT2D eigenvalue weighted by Gasteiger charge is 2.26. The fraction of sp³-hybridized carbons (Fsp3) is 0.667. The normalized spacial score (nSPS) is 16.5. The summed E-state index contributed by atoms with van der Waals surface area (Å²) >= 11 is 0. The molecule has 0 aromatic rings. The SMILES string of the molecule is CCCCCCCCCCCCCCCC(=O)NC(=O)C=C(C)C=CC=C(C)C=CC1=C(C)CCCC1(C)C. The van der Waals surface area contributed by atoms with Crippen LogP contribution in [-0.2, 0) is 9.59 Å². The molecule has 0 bridgehead atoms. The lowest BCUT2D eigenvalue weighted by Crippen LogP contribution is -2.28. The average Bonchev–Trinajstić information content (AvgIpc) is 2.86. The standard InChI is InChI=1S/C36H59NO2/c1-7-8-9-10-11-12-13-14-15-16-17-18-19-25-34(38)37-35(39)29-31(3)23-20-22-30(2)26-27-33-32(4)24-21-28-36(33,5)6/h20,22-23,26-27,29H,7-19,21,24-25,28H2,1-6H3,(H,37,38,39). The second kappa shape index (κ2) is 20.7. The van der Waals surface area contributed by atoms with E-state index in [0.717, 1.165) is 24.0 Å². The van der Waals surface area contributed by atoms with Gasteiger partial charge in [0.05, 0.1) is 0 Å². The average molecular weight is 538 g/mol. The maximum absolute atomic E-state index is 12.2. The molecule has 1 N–H and O–H groups in total. The predicted molar refractivity (Wildman–Crippen MR) is 170 cm³/mol. The van der Waals surface area contributed by atoms with Gasteiger partial charge in [0, 0.05) is 12.5 Å². The van der Waals surface area contributed by atoms with E-state index in [1.165, 1.54) is 107 Å². The van der Waals surface area contributed by atoms with Gasteiger partial charge in [-0.2, -0.15) is 0 Å². The highest BCUT2D eigenvalue weighted by molar-refractivity contribution is 6.01. The Bertz CT molecular complexity index is 882. The molecule has 0 saturated carbocycles. The molecule has 0 atom stereocenters. The van der Waals surface area contributed by atoms with Crippen LogP contribution in [0, 0.1) is 5.41 Å². The predicted octanol–water partition coefficient (Wildman–Crippen LogP) is 10.6. The number of carbonyl (C=O) groups is 2. The molecule has 0 radical (unpaired) electrons. The van der Waals surface area contributed by atoms with Gasteiger partial charge in [-0.3, -0.25) is 14.9 Å². The van der Waals surface area contributed by atoms with Crippen LogP contribution in [0.2, 0.25) is 0 Å². The van der Waals surface area contributed by atoms with Gasteiger partial charge in [-0.15, -0.1) is 0 Å². The zero-order valence-corrected chi connectivity index (χ0v) is 26.3. The fourth-order valence-corrected chi connectivity index (χ4v) is 5.43. The van der Waals surface area contributed by atoms with E-state index < -0.39 is 0 Å². The maximum atomic E-state index is 12.2. The van der Waals surface area contributed by atoms with Gasteiger partial charge in [0.2, 0.25) is 5.91 Å². The highest BCUT2D eigenvalue weighted by Crippen LogP contribution is 2.40. The Hall–Kier alpha value is -2.16. The Morgan fingerprint density at radius 1 is 0.821 bits per heavy atom. The first-order valence-electron chi connectivity index (χ1n) is 15.9. The third-order valence-corrected chi connectivity index (χ3v) is 7.90. The highest BCUT2D eigenvalue weighted by atomic mass is 16.2. The van der Waals surface area contributed by atoms with Crippen molar-refractivity contribution in [2.45, 2.75) is 151 Å². The van der Waals surface area contributed by atoms with E-state index in [1.54, 1.807) is 0 Å². The summed E-state index contributed by atoms with van der Waals surface area (Å²) in [4.78, 5) is 24.3. The largest absolute Gasteiger partial charge is 0.293 e. The summed E-state index contributed by atoms with van der Waals surface area (Å²) in [6.45, 7) is 13.1. The Morgan fingerprint density at radius 2 is 1.38 bits per heavy atom. The van der Waals surface area contributed by atoms with Crippen LogP contribution in [-0.4, -0.2) is 11.8 Å². The molecule has 1 aliphatic carbocycles. The van der Waals surface area contributed by atoms with Crippen molar-refractivity contribution in [2.24, 2.45) is 5.41 Å². The molecule has 0 aromatic carbocycles. The van der Waals surface area contributed by atoms with Gasteiger partial charge in [0.15, 0.2) is 0 Å². The lowest BCUT2D eigenvalue weighted by Gasteiger charge is -2.32. The van der Waals surface area contributed by atoms with Crippen molar-refractivity contribution < 1.29 is 9.59 Å². The van der Waals surface area contributed by atoms with Crippen LogP contribution in [0.4, 0.5) is 0 Å². The quantitative estimate of drug-likeness (QED) is 0.101. The fourth-order valence-electron chi connectivity index (χ4n) is 5.43. The minimum absolute atomic E-state index is 0.174. The van der Waals surface area contributed by atoms with Gasteiger partial charge in [0.1, 0.15) is 0 Å². The van der Waals surface area contributed by atoms with Gasteiger partial charge in [-0.1, -0.05) is 139 Å². The minimum atomic E-state index is -0.334. The van der Waals surface area contributed by atoms with Crippen LogP contribution in [0.1, 0.15) is 151 Å². The zero-order valence-electron chi connectivity index (χ0n) is 26.3. The van der Waals surface area contributed by atoms with E-state index in [4.69, 9.17) is 0 Å². The number of hydrogen-bond acceptors (Lipinski definition) is 2. The van der Waals surface area contributed by atoms with Crippen LogP contribution in [0.15, 0.2) is 58.7 Å². The minimum Gasteiger partial charge on any atom is -0.293 e. The van der Waals surface area contributed by atoms with Crippen molar-refractivity contribution in [2.75, 3.05) is 0 Å². The van der Waals surface area contributed by atoms with Crippen LogP contribution >= 0.6 is 0 Å². The molecule has 0 aliphatic heterocycles. The molecule has 0 fully saturated rings. The molecule has 0 heterocycles. The smallest absolute Gasteiger partial charge is 0.250 e. The molecular weight excluding hydrogens is 478 g/mol. The van der Waals surface area contributed by atoms with Crippen LogP contribution in [0.3, 0.4) is 0 Å². The molecule has 3 heteroatoms. The molecule has 1 aliphatic rings. The first-order valence-corrected chi connectivity index (χ1v) is 15.9. The molecule has 39 heavy (non-hydrogen) atoms. The molecule has 2 amide bonds. The Labute approximate surface area is 241 Å². The van der Waals surface area contributed by atoms with E-state index in [2.05, 4.69) is 58.2 Å². The summed E-state index contributed by atoms with van der Waals surface area (Å²) in [5, 5.41) is 2.50. The van der Waals surface area contributed by atoms with Crippen LogP contribution < -0.4 is 5.32 Å². The van der Waals surface area contributed by atoms with E-state index >= 15 is 0 Å². The summed E-state index contributed by atoms with van der Waals surface area (Å²) in [7, 11) is 0. The topological polar surface area (TPSA) is 46.2 Å². The van der Waals surface area contributed by atoms with Crippen LogP contribution in [0.25, 0.3) is 0 Å². The summed E-state index contributed by atoms with van der Waals surface area (Å²) in [6.07, 6.45) is 32.6. The van der Waals surface area contributed by atoms with Crippen molar-refractivity contribution in [3.05, 3.63) is 58.7 Å². The second-order valence-electron chi connectivity index (χ2n) is 12.3. The number of unbranched alkanes of at least 4 members (excludes halogenated alkanes) is 12. The number of rotatable bonds is 19. The number of amides is 2. The first kappa shape index (κ1) is 34.9. The van der Waals surface area contributed by atoms with E-state index in [-0.39, 0.29) is 17.2 Å². The monoisotopic (exact) mass is 537 g/mol. The third-order valence-electron chi connectivity index (χ3n) is 7.90. The molecular formula is C36H59NO2. The summed E-state index contributed by atoms with van der Waals surface area (Å²) in [5.74, 6) is -0.508. The van der Waals surface area contributed by atoms with Crippen molar-refractivity contribution >= 4 is 11.8 Å². The van der Waals surface area contributed by atoms with E-state index in [9.17, 15) is 9.59 Å². The number of hydrogen-bond donors (Lipinski definition) is 1. The molecule has 0 saturated heterocycles. The molecule has 1 rings (SSSR count). The number of nitrogens with one attached hydrogen (secondary N) is 1. The molecule has 0 unspecified atom stereocenters. The van der Waals surface area contributed by atoms with Gasteiger partial charge >= 0.3 is 0 Å². The Kier molecular flexibility index (Phi) is 18.5. The van der Waals surface area contributed by atoms with Gasteiger partial charge in [0.25, 0.3) is 5.91 Å². The molecule has 3 nitrogen and oxygen atoms in total. The van der Waals surface area contributed by atoms with Gasteiger partial charge in [-0.25, -0.2) is 0 Å². The van der Waals surface area contributed by atoms with Gasteiger partial charge < -0.3 is 0 Å². The Morgan fingerprint density at radius 3 is 1.95 bits per heavy atom. The van der Waals surface area contributed by atoms with E-state index in [0.29, 0.717) is 6.42 Å². The summed E-state index contributed by atoms with van der Waals surface area (Å²) in [5.41, 5.74) is 5.19. The second-order valence-corrected chi connectivity index (χ2v) is 12.3. The summed E-state index contributed by atoms with van der Waals surface area (Å²) < 4.78 is 0. The lowest BCUT2D eigenvalue weighted by molar-refractivity contribution is -0.128. The third kappa shape index (κ3) is 17.2. The molecule has 0 aromatic heterocycles. The number of carbonyl (C=O) groups excluding carboxylic acids is 2. The molecule has 0 spiro atoms. The molecule has 220 valence electrons. The summed E-state index contributed by atoms with van der Waals surface area (Å²) in [6, 6.07) is 0. The van der Waals surface area contributed by atoms with Crippen LogP contribution in [0.5, 0.6) is 0 Å². The van der Waals surface area contributed by atoms with Crippen molar-refractivity contribution in [3.8, 4) is 0 Å². The Balaban J connectivity index is 2.22. The number of allylic oxidation sites excluding steroid dienone is 9. The maximum Gasteiger partial charge on any atom is 0.250 e.